The van der Waals surface area contributed by atoms with Gasteiger partial charge in [-0.25, -0.2) is 4.79 Å². The second-order valence-electron chi connectivity index (χ2n) is 3.28. The second-order valence-corrected chi connectivity index (χ2v) is 4.12. The number of thioether (sulfide) groups is 1. The lowest BCUT2D eigenvalue weighted by atomic mass is 10.1. The van der Waals surface area contributed by atoms with Gasteiger partial charge in [-0.3, -0.25) is 0 Å². The molecule has 0 saturated carbocycles. The second kappa shape index (κ2) is 5.81. The maximum absolute atomic E-state index is 11.4. The van der Waals surface area contributed by atoms with Crippen molar-refractivity contribution in [2.45, 2.75) is 24.7 Å². The number of ether oxygens (including phenoxy) is 1. The standard InChI is InChI=1S/C12H16O2S/c1-4-5-9-6-7-10(12(13)14-2)11(8-9)15-3/h6-8H,4-5H2,1-3H3. The van der Waals surface area contributed by atoms with Crippen LogP contribution in [0.1, 0.15) is 29.3 Å². The molecule has 0 atom stereocenters. The predicted octanol–water partition coefficient (Wildman–Crippen LogP) is 3.15. The van der Waals surface area contributed by atoms with Crippen molar-refractivity contribution in [3.63, 3.8) is 0 Å². The van der Waals surface area contributed by atoms with E-state index in [1.807, 2.05) is 18.4 Å². The van der Waals surface area contributed by atoms with Crippen LogP contribution in [0.5, 0.6) is 0 Å². The Labute approximate surface area is 95.0 Å². The molecule has 2 nitrogen and oxygen atoms in total. The van der Waals surface area contributed by atoms with Crippen LogP contribution in [0.3, 0.4) is 0 Å². The lowest BCUT2D eigenvalue weighted by Gasteiger charge is -2.07. The molecule has 0 saturated heterocycles. The van der Waals surface area contributed by atoms with E-state index in [9.17, 15) is 4.79 Å². The van der Waals surface area contributed by atoms with E-state index in [-0.39, 0.29) is 5.97 Å². The van der Waals surface area contributed by atoms with Crippen LogP contribution in [-0.2, 0) is 11.2 Å². The van der Waals surface area contributed by atoms with Crippen LogP contribution >= 0.6 is 11.8 Å². The van der Waals surface area contributed by atoms with E-state index >= 15 is 0 Å². The number of carbonyl (C=O) groups excluding carboxylic acids is 1. The number of esters is 1. The molecule has 0 aliphatic heterocycles. The predicted molar refractivity (Wildman–Crippen MR) is 63.6 cm³/mol. The van der Waals surface area contributed by atoms with Gasteiger partial charge in [0.1, 0.15) is 0 Å². The summed E-state index contributed by atoms with van der Waals surface area (Å²) in [7, 11) is 1.41. The maximum atomic E-state index is 11.4. The molecular formula is C12H16O2S. The molecule has 0 bridgehead atoms. The van der Waals surface area contributed by atoms with Gasteiger partial charge in [0.25, 0.3) is 0 Å². The quantitative estimate of drug-likeness (QED) is 0.580. The molecule has 1 rings (SSSR count). The third-order valence-corrected chi connectivity index (χ3v) is 2.99. The van der Waals surface area contributed by atoms with Crippen molar-refractivity contribution in [2.75, 3.05) is 13.4 Å². The number of benzene rings is 1. The first-order valence-corrected chi connectivity index (χ1v) is 6.20. The number of rotatable bonds is 4. The molecule has 0 aliphatic carbocycles. The van der Waals surface area contributed by atoms with Gasteiger partial charge in [0.15, 0.2) is 0 Å². The van der Waals surface area contributed by atoms with E-state index < -0.39 is 0 Å². The molecule has 0 unspecified atom stereocenters. The lowest BCUT2D eigenvalue weighted by molar-refractivity contribution is 0.0597. The smallest absolute Gasteiger partial charge is 0.338 e. The van der Waals surface area contributed by atoms with Crippen molar-refractivity contribution in [1.82, 2.24) is 0 Å². The van der Waals surface area contributed by atoms with Crippen LogP contribution < -0.4 is 0 Å². The zero-order valence-electron chi connectivity index (χ0n) is 9.37. The fourth-order valence-electron chi connectivity index (χ4n) is 1.46. The van der Waals surface area contributed by atoms with Crippen LogP contribution in [-0.4, -0.2) is 19.3 Å². The summed E-state index contributed by atoms with van der Waals surface area (Å²) in [5, 5.41) is 0. The minimum atomic E-state index is -0.262. The highest BCUT2D eigenvalue weighted by Crippen LogP contribution is 2.23. The largest absolute Gasteiger partial charge is 0.465 e. The Kier molecular flexibility index (Phi) is 4.69. The number of hydrogen-bond acceptors (Lipinski definition) is 3. The molecule has 15 heavy (non-hydrogen) atoms. The van der Waals surface area contributed by atoms with Crippen LogP contribution in [0, 0.1) is 0 Å². The van der Waals surface area contributed by atoms with Gasteiger partial charge in [-0.2, -0.15) is 0 Å². The third-order valence-electron chi connectivity index (χ3n) is 2.21. The molecule has 1 aromatic rings. The minimum Gasteiger partial charge on any atom is -0.465 e. The van der Waals surface area contributed by atoms with E-state index in [0.29, 0.717) is 5.56 Å². The van der Waals surface area contributed by atoms with Gasteiger partial charge >= 0.3 is 5.97 Å². The molecule has 82 valence electrons. The Hall–Kier alpha value is -0.960. The van der Waals surface area contributed by atoms with Crippen molar-refractivity contribution in [2.24, 2.45) is 0 Å². The molecule has 0 amide bonds. The fourth-order valence-corrected chi connectivity index (χ4v) is 2.10. The number of carbonyl (C=O) groups is 1. The minimum absolute atomic E-state index is 0.262. The van der Waals surface area contributed by atoms with Gasteiger partial charge in [-0.1, -0.05) is 19.4 Å². The third kappa shape index (κ3) is 2.99. The summed E-state index contributed by atoms with van der Waals surface area (Å²) in [6.07, 6.45) is 4.14. The van der Waals surface area contributed by atoms with Gasteiger partial charge in [0.2, 0.25) is 0 Å². The Bertz CT molecular complexity index is 347. The van der Waals surface area contributed by atoms with Crippen molar-refractivity contribution in [1.29, 1.82) is 0 Å². The average molecular weight is 224 g/mol. The molecule has 0 radical (unpaired) electrons. The summed E-state index contributed by atoms with van der Waals surface area (Å²) in [6, 6.07) is 5.92. The summed E-state index contributed by atoms with van der Waals surface area (Å²) in [6.45, 7) is 2.15. The molecule has 0 aromatic heterocycles. The summed E-state index contributed by atoms with van der Waals surface area (Å²) < 4.78 is 4.73. The van der Waals surface area contributed by atoms with Gasteiger partial charge in [-0.05, 0) is 30.4 Å². The number of hydrogen-bond donors (Lipinski definition) is 0. The van der Waals surface area contributed by atoms with Crippen LogP contribution in [0.25, 0.3) is 0 Å². The highest BCUT2D eigenvalue weighted by Gasteiger charge is 2.11. The van der Waals surface area contributed by atoms with Crippen LogP contribution in [0.2, 0.25) is 0 Å². The van der Waals surface area contributed by atoms with E-state index in [0.717, 1.165) is 17.7 Å². The molecule has 0 spiro atoms. The summed E-state index contributed by atoms with van der Waals surface area (Å²) in [5.74, 6) is -0.262. The maximum Gasteiger partial charge on any atom is 0.338 e. The molecule has 1 aromatic carbocycles. The van der Waals surface area contributed by atoms with E-state index in [2.05, 4.69) is 13.0 Å². The van der Waals surface area contributed by atoms with Gasteiger partial charge < -0.3 is 4.74 Å². The first kappa shape index (κ1) is 12.1. The van der Waals surface area contributed by atoms with E-state index in [1.165, 1.54) is 12.7 Å². The van der Waals surface area contributed by atoms with Gasteiger partial charge in [-0.15, -0.1) is 11.8 Å². The molecule has 0 heterocycles. The molecule has 0 N–H and O–H groups in total. The normalized spacial score (nSPS) is 10.1. The Morgan fingerprint density at radius 1 is 1.47 bits per heavy atom. The van der Waals surface area contributed by atoms with Crippen molar-refractivity contribution in [3.05, 3.63) is 29.3 Å². The van der Waals surface area contributed by atoms with Crippen LogP contribution in [0.15, 0.2) is 23.1 Å². The fraction of sp³-hybridized carbons (Fsp3) is 0.417. The Morgan fingerprint density at radius 2 is 2.20 bits per heavy atom. The SMILES string of the molecule is CCCc1ccc(C(=O)OC)c(SC)c1. The first-order chi connectivity index (χ1) is 7.22. The molecular weight excluding hydrogens is 208 g/mol. The topological polar surface area (TPSA) is 26.3 Å². The van der Waals surface area contributed by atoms with Gasteiger partial charge in [0.05, 0.1) is 12.7 Å². The average Bonchev–Trinajstić information content (AvgIpc) is 2.28. The summed E-state index contributed by atoms with van der Waals surface area (Å²) >= 11 is 1.58. The Balaban J connectivity index is 3.03. The van der Waals surface area contributed by atoms with Crippen molar-refractivity contribution in [3.8, 4) is 0 Å². The molecule has 3 heteroatoms. The number of methoxy groups -OCH3 is 1. The zero-order valence-corrected chi connectivity index (χ0v) is 10.2. The van der Waals surface area contributed by atoms with Crippen LogP contribution in [0.4, 0.5) is 0 Å². The number of aryl methyl sites for hydroxylation is 1. The van der Waals surface area contributed by atoms with E-state index in [4.69, 9.17) is 4.74 Å². The molecule has 0 aliphatic rings. The Morgan fingerprint density at radius 3 is 2.73 bits per heavy atom. The molecule has 0 fully saturated rings. The zero-order chi connectivity index (χ0) is 11.3. The first-order valence-electron chi connectivity index (χ1n) is 4.98. The highest BCUT2D eigenvalue weighted by molar-refractivity contribution is 7.98. The monoisotopic (exact) mass is 224 g/mol. The lowest BCUT2D eigenvalue weighted by Crippen LogP contribution is -2.03. The summed E-state index contributed by atoms with van der Waals surface area (Å²) in [4.78, 5) is 12.4. The van der Waals surface area contributed by atoms with Crippen molar-refractivity contribution >= 4 is 17.7 Å². The van der Waals surface area contributed by atoms with Crippen molar-refractivity contribution < 1.29 is 9.53 Å². The van der Waals surface area contributed by atoms with E-state index in [1.54, 1.807) is 11.8 Å². The van der Waals surface area contributed by atoms with Gasteiger partial charge in [0, 0.05) is 4.90 Å². The highest BCUT2D eigenvalue weighted by atomic mass is 32.2. The summed E-state index contributed by atoms with van der Waals surface area (Å²) in [5.41, 5.74) is 1.93.